The van der Waals surface area contributed by atoms with Gasteiger partial charge in [-0.3, -0.25) is 43.2 Å². The van der Waals surface area contributed by atoms with E-state index in [1.807, 2.05) is 6.92 Å². The predicted octanol–water partition coefficient (Wildman–Crippen LogP) is -0.919. The summed E-state index contributed by atoms with van der Waals surface area (Å²) < 4.78 is 15.5. The summed E-state index contributed by atoms with van der Waals surface area (Å²) in [5.41, 5.74) is 12.7. The fraction of sp³-hybridized carbons (Fsp3) is 0.561. The van der Waals surface area contributed by atoms with Crippen molar-refractivity contribution in [2.45, 2.75) is 175 Å². The molecule has 0 saturated carbocycles. The van der Waals surface area contributed by atoms with Crippen LogP contribution in [0.15, 0.2) is 72.8 Å². The van der Waals surface area contributed by atoms with Gasteiger partial charge in [0.2, 0.25) is 53.2 Å². The van der Waals surface area contributed by atoms with E-state index in [0.29, 0.717) is 62.8 Å². The molecule has 0 aliphatic rings. The predicted molar refractivity (Wildman–Crippen MR) is 367 cm³/mol. The first-order valence-corrected chi connectivity index (χ1v) is 31.8. The number of carboxylic acid groups (broad SMARTS) is 2. The van der Waals surface area contributed by atoms with Gasteiger partial charge in [-0.15, -0.1) is 0 Å². The number of phenolic OH excluding ortho intramolecular Hbond substituents is 3. The second kappa shape index (κ2) is 51.2. The van der Waals surface area contributed by atoms with Crippen molar-refractivity contribution in [3.05, 3.63) is 89.5 Å². The molecule has 3 aromatic carbocycles. The molecule has 552 valence electrons. The zero-order chi connectivity index (χ0) is 73.7. The maximum atomic E-state index is 13.1. The molecule has 0 radical (unpaired) electrons. The van der Waals surface area contributed by atoms with Gasteiger partial charge in [0.25, 0.3) is 0 Å². The van der Waals surface area contributed by atoms with Crippen LogP contribution in [-0.4, -0.2) is 224 Å². The van der Waals surface area contributed by atoms with Crippen molar-refractivity contribution in [1.82, 2.24) is 58.5 Å². The highest BCUT2D eigenvalue weighted by atomic mass is 16.5. The molecule has 98 heavy (non-hydrogen) atoms. The van der Waals surface area contributed by atoms with Gasteiger partial charge in [-0.2, -0.15) is 0 Å². The molecule has 0 spiro atoms. The summed E-state index contributed by atoms with van der Waals surface area (Å²) in [6.45, 7) is 20.8. The fourth-order valence-corrected chi connectivity index (χ4v) is 7.56. The highest BCUT2D eigenvalue weighted by Crippen LogP contribution is 2.15. The number of hydrogen-bond acceptors (Lipinski definition) is 21. The number of carboxylic acids is 2. The van der Waals surface area contributed by atoms with Gasteiger partial charge in [0.05, 0.1) is 44.6 Å². The highest BCUT2D eigenvalue weighted by Gasteiger charge is 2.30. The molecule has 0 aromatic heterocycles. The number of hydrogen-bond donors (Lipinski definition) is 18. The van der Waals surface area contributed by atoms with E-state index in [0.717, 1.165) is 19.4 Å². The molecule has 0 bridgehead atoms. The molecular weight excluding hydrogens is 1280 g/mol. The number of ether oxygens (including phenoxy) is 3. The number of carbonyl (C=O) groups excluding carboxylic acids is 9. The first-order chi connectivity index (χ1) is 45.7. The van der Waals surface area contributed by atoms with Crippen LogP contribution in [0.3, 0.4) is 0 Å². The van der Waals surface area contributed by atoms with Crippen molar-refractivity contribution in [2.75, 3.05) is 66.8 Å². The highest BCUT2D eigenvalue weighted by molar-refractivity contribution is 5.96. The zero-order valence-electron chi connectivity index (χ0n) is 57.6. The molecule has 9 amide bonds. The average Bonchev–Trinajstić information content (AvgIpc) is 0.882. The third kappa shape index (κ3) is 39.9. The number of likely N-dealkylation sites (N-methyl/N-ethyl adjacent to an activating group) is 2. The van der Waals surface area contributed by atoms with Crippen LogP contribution in [0.1, 0.15) is 106 Å². The Bertz CT molecular complexity index is 2760. The number of rotatable bonds is 39. The van der Waals surface area contributed by atoms with E-state index in [4.69, 9.17) is 25.7 Å². The normalized spacial score (nSPS) is 13.9. The van der Waals surface area contributed by atoms with Crippen LogP contribution >= 0.6 is 0 Å². The number of amides is 9. The van der Waals surface area contributed by atoms with Gasteiger partial charge in [-0.25, -0.2) is 9.59 Å². The summed E-state index contributed by atoms with van der Waals surface area (Å²) in [6, 6.07) is 8.41. The number of nitrogens with two attached hydrogens (primary N) is 2. The Morgan fingerprint density at radius 3 is 0.969 bits per heavy atom. The number of aromatic hydroxyl groups is 3. The van der Waals surface area contributed by atoms with E-state index in [1.165, 1.54) is 77.9 Å². The Hall–Kier alpha value is -9.05. The molecule has 11 atom stereocenters. The Morgan fingerprint density at radius 2 is 0.653 bits per heavy atom. The van der Waals surface area contributed by atoms with E-state index in [9.17, 15) is 78.3 Å². The molecule has 3 rings (SSSR count). The lowest BCUT2D eigenvalue weighted by Crippen LogP contribution is -2.58. The minimum atomic E-state index is -1.18. The van der Waals surface area contributed by atoms with Gasteiger partial charge >= 0.3 is 11.9 Å². The first-order valence-electron chi connectivity index (χ1n) is 31.8. The summed E-state index contributed by atoms with van der Waals surface area (Å²) in [5, 5.41) is 74.7. The summed E-state index contributed by atoms with van der Waals surface area (Å²) in [5.74, 6) is -6.88. The van der Waals surface area contributed by atoms with Gasteiger partial charge in [0, 0.05) is 45.6 Å². The molecule has 11 unspecified atom stereocenters. The number of phenols is 3. The summed E-state index contributed by atoms with van der Waals surface area (Å²) in [6.07, 6.45) is 2.10. The summed E-state index contributed by atoms with van der Waals surface area (Å²) in [4.78, 5) is 133. The van der Waals surface area contributed by atoms with Crippen LogP contribution in [0.4, 0.5) is 0 Å². The van der Waals surface area contributed by atoms with Crippen molar-refractivity contribution in [1.29, 1.82) is 0 Å². The first kappa shape index (κ1) is 91.0. The third-order valence-corrected chi connectivity index (χ3v) is 13.7. The van der Waals surface area contributed by atoms with E-state index < -0.39 is 120 Å². The molecular formula is C66H109N13O19. The smallest absolute Gasteiger partial charge is 0.326 e. The summed E-state index contributed by atoms with van der Waals surface area (Å²) >= 11 is 0. The van der Waals surface area contributed by atoms with Crippen molar-refractivity contribution < 1.29 is 92.5 Å². The largest absolute Gasteiger partial charge is 0.508 e. The molecule has 0 aliphatic heterocycles. The third-order valence-electron chi connectivity index (χ3n) is 13.7. The van der Waals surface area contributed by atoms with E-state index in [-0.39, 0.29) is 55.8 Å². The lowest BCUT2D eigenvalue weighted by Gasteiger charge is -2.24. The quantitative estimate of drug-likeness (QED) is 0.0307. The Labute approximate surface area is 574 Å². The van der Waals surface area contributed by atoms with Gasteiger partial charge in [0.1, 0.15) is 65.6 Å². The molecule has 3 aromatic rings. The maximum absolute atomic E-state index is 13.1. The summed E-state index contributed by atoms with van der Waals surface area (Å²) in [7, 11) is 3.24. The van der Waals surface area contributed by atoms with Crippen LogP contribution in [-0.2, 0) is 86.2 Å². The minimum Gasteiger partial charge on any atom is -0.508 e. The average molecular weight is 1390 g/mol. The molecule has 0 aliphatic carbocycles. The maximum Gasteiger partial charge on any atom is 0.326 e. The molecule has 0 heterocycles. The zero-order valence-corrected chi connectivity index (χ0v) is 57.6. The lowest BCUT2D eigenvalue weighted by atomic mass is 10.0. The van der Waals surface area contributed by atoms with Crippen molar-refractivity contribution in [2.24, 2.45) is 11.5 Å². The van der Waals surface area contributed by atoms with Crippen molar-refractivity contribution >= 4 is 65.1 Å². The second-order valence-electron chi connectivity index (χ2n) is 22.3. The van der Waals surface area contributed by atoms with E-state index in [2.05, 4.69) is 65.4 Å². The van der Waals surface area contributed by atoms with Gasteiger partial charge in [-0.1, -0.05) is 57.7 Å². The van der Waals surface area contributed by atoms with Crippen LogP contribution in [0.5, 0.6) is 17.2 Å². The Morgan fingerprint density at radius 1 is 0.378 bits per heavy atom. The minimum absolute atomic E-state index is 0. The topological polar surface area (TPSA) is 501 Å². The van der Waals surface area contributed by atoms with Gasteiger partial charge < -0.3 is 110 Å². The monoisotopic (exact) mass is 1390 g/mol. The van der Waals surface area contributed by atoms with E-state index in [1.54, 1.807) is 64.3 Å². The fourth-order valence-electron chi connectivity index (χ4n) is 7.56. The van der Waals surface area contributed by atoms with Crippen LogP contribution in [0.25, 0.3) is 0 Å². The van der Waals surface area contributed by atoms with Gasteiger partial charge in [-0.05, 0) is 135 Å². The molecule has 32 nitrogen and oxygen atoms in total. The molecule has 20 N–H and O–H groups in total. The van der Waals surface area contributed by atoms with Crippen LogP contribution < -0.4 is 70.0 Å². The van der Waals surface area contributed by atoms with Crippen molar-refractivity contribution in [3.8, 4) is 17.2 Å². The number of nitrogens with one attached hydrogen (secondary N) is 11. The van der Waals surface area contributed by atoms with Crippen LogP contribution in [0.2, 0.25) is 0 Å². The number of carbonyl (C=O) groups is 11. The lowest BCUT2D eigenvalue weighted by molar-refractivity contribution is -0.142. The molecule has 32 heteroatoms. The van der Waals surface area contributed by atoms with Gasteiger partial charge in [0.15, 0.2) is 0 Å². The molecule has 0 fully saturated rings. The number of benzene rings is 3. The number of aliphatic carboxylic acids is 2. The van der Waals surface area contributed by atoms with E-state index >= 15 is 0 Å². The Balaban J connectivity index is 0. The van der Waals surface area contributed by atoms with Crippen LogP contribution in [0, 0.1) is 0 Å². The second-order valence-corrected chi connectivity index (χ2v) is 22.3. The molecule has 0 saturated heterocycles. The standard InChI is InChI=1S/C26H42N6O7.2C16H23N3O5.C7H17NO2.CH4/c1-6-12-39-13-11-28-23(35)16(3)30-24(36)17(4)31-26(38)21(14-19-7-9-20(33)10-8-19)32-25(37)18(5)29-22(34)15(2)27;2*1-9(17-3)14(21)18-10(2)15(22)19-13(16(23)24)8-11-4-6-12(20)7-5-11;1-2-4-9-6-7-10-5-3-8;/h7-10,15-18,21,33H,6,11-14,27H2,1-5H3,(H,28,35)(H,29,34)(H,30,36)(H,31,38)(H,32,37);2*4-7,9-10,13,17,20H,8H2,1-3H3,(H,18,21)(H,19,22)(H,23,24);2-8H2,1H3;1H4. The Kier molecular flexibility index (Phi) is 47.6. The SMILES string of the molecule is C.CCCOCCNC(=O)C(C)NC(=O)C(C)NC(=O)C(Cc1ccc(O)cc1)NC(=O)C(C)NC(=O)C(C)N.CCCOCCOCCN.CNC(C)C(=O)NC(C)C(=O)NC(Cc1ccc(O)cc1)C(=O)O.CNC(C)C(=O)NC(C)C(=O)NC(Cc1ccc(O)cc1)C(=O)O. The van der Waals surface area contributed by atoms with Crippen molar-refractivity contribution in [3.63, 3.8) is 0 Å².